The van der Waals surface area contributed by atoms with Gasteiger partial charge in [0.25, 0.3) is 0 Å². The van der Waals surface area contributed by atoms with E-state index in [1.807, 2.05) is 31.2 Å². The Hall–Kier alpha value is -1.24. The van der Waals surface area contributed by atoms with Crippen molar-refractivity contribution in [1.29, 1.82) is 0 Å². The van der Waals surface area contributed by atoms with Crippen LogP contribution in [-0.4, -0.2) is 7.11 Å². The van der Waals surface area contributed by atoms with Crippen LogP contribution in [-0.2, 0) is 4.74 Å². The molecule has 60 valence electrons. The van der Waals surface area contributed by atoms with Crippen LogP contribution >= 0.6 is 0 Å². The van der Waals surface area contributed by atoms with Gasteiger partial charge >= 0.3 is 0 Å². The SMILES string of the molecule is C=C\C=C(/C=C\C=C/C)OC. The number of methoxy groups -OCH3 is 1. The van der Waals surface area contributed by atoms with Crippen molar-refractivity contribution in [1.82, 2.24) is 0 Å². The van der Waals surface area contributed by atoms with E-state index < -0.39 is 0 Å². The van der Waals surface area contributed by atoms with E-state index in [1.165, 1.54) is 0 Å². The lowest BCUT2D eigenvalue weighted by Crippen LogP contribution is -1.78. The third kappa shape index (κ3) is 5.22. The van der Waals surface area contributed by atoms with Crippen LogP contribution in [0.1, 0.15) is 6.92 Å². The number of ether oxygens (including phenoxy) is 1. The van der Waals surface area contributed by atoms with Gasteiger partial charge in [0, 0.05) is 0 Å². The molecule has 0 radical (unpaired) electrons. The molecule has 0 saturated heterocycles. The van der Waals surface area contributed by atoms with Crippen molar-refractivity contribution >= 4 is 0 Å². The minimum Gasteiger partial charge on any atom is -0.497 e. The number of hydrogen-bond acceptors (Lipinski definition) is 1. The van der Waals surface area contributed by atoms with Gasteiger partial charge in [-0.1, -0.05) is 30.9 Å². The van der Waals surface area contributed by atoms with Gasteiger partial charge in [-0.2, -0.15) is 0 Å². The summed E-state index contributed by atoms with van der Waals surface area (Å²) in [6.07, 6.45) is 11.2. The molecule has 0 unspecified atom stereocenters. The highest BCUT2D eigenvalue weighted by atomic mass is 16.5. The molecular weight excluding hydrogens is 136 g/mol. The van der Waals surface area contributed by atoms with Crippen LogP contribution in [0.4, 0.5) is 0 Å². The molecular formula is C10H14O. The number of allylic oxidation sites excluding steroid dienone is 6. The van der Waals surface area contributed by atoms with Gasteiger partial charge < -0.3 is 4.74 Å². The van der Waals surface area contributed by atoms with Crippen molar-refractivity contribution in [3.05, 3.63) is 48.8 Å². The Morgan fingerprint density at radius 2 is 2.09 bits per heavy atom. The first kappa shape index (κ1) is 9.76. The van der Waals surface area contributed by atoms with Crippen molar-refractivity contribution in [3.63, 3.8) is 0 Å². The van der Waals surface area contributed by atoms with Gasteiger partial charge in [-0.3, -0.25) is 0 Å². The Balaban J connectivity index is 4.07. The molecule has 0 bridgehead atoms. The molecule has 0 aromatic rings. The fraction of sp³-hybridized carbons (Fsp3) is 0.200. The van der Waals surface area contributed by atoms with Crippen LogP contribution in [0, 0.1) is 0 Å². The Labute approximate surface area is 68.4 Å². The average Bonchev–Trinajstić information content (AvgIpc) is 2.03. The molecule has 0 fully saturated rings. The first-order chi connectivity index (χ1) is 5.35. The molecule has 1 nitrogen and oxygen atoms in total. The lowest BCUT2D eigenvalue weighted by atomic mass is 10.3. The monoisotopic (exact) mass is 150 g/mol. The van der Waals surface area contributed by atoms with Gasteiger partial charge in [0.1, 0.15) is 5.76 Å². The number of hydrogen-bond donors (Lipinski definition) is 0. The van der Waals surface area contributed by atoms with Crippen molar-refractivity contribution < 1.29 is 4.74 Å². The van der Waals surface area contributed by atoms with Crippen LogP contribution in [0.2, 0.25) is 0 Å². The summed E-state index contributed by atoms with van der Waals surface area (Å²) in [5.74, 6) is 0.804. The fourth-order valence-corrected chi connectivity index (χ4v) is 0.569. The van der Waals surface area contributed by atoms with E-state index in [4.69, 9.17) is 4.74 Å². The molecule has 0 spiro atoms. The van der Waals surface area contributed by atoms with E-state index in [2.05, 4.69) is 6.58 Å². The van der Waals surface area contributed by atoms with Gasteiger partial charge in [-0.25, -0.2) is 0 Å². The summed E-state index contributed by atoms with van der Waals surface area (Å²) in [6, 6.07) is 0. The van der Waals surface area contributed by atoms with Crippen LogP contribution in [0.3, 0.4) is 0 Å². The molecule has 0 atom stereocenters. The van der Waals surface area contributed by atoms with E-state index in [0.29, 0.717) is 0 Å². The van der Waals surface area contributed by atoms with E-state index in [1.54, 1.807) is 19.3 Å². The molecule has 0 aliphatic heterocycles. The third-order valence-corrected chi connectivity index (χ3v) is 1.08. The normalized spacial score (nSPS) is 12.7. The van der Waals surface area contributed by atoms with Crippen LogP contribution < -0.4 is 0 Å². The lowest BCUT2D eigenvalue weighted by Gasteiger charge is -1.95. The summed E-state index contributed by atoms with van der Waals surface area (Å²) in [4.78, 5) is 0. The summed E-state index contributed by atoms with van der Waals surface area (Å²) in [5, 5.41) is 0. The molecule has 0 aliphatic rings. The largest absolute Gasteiger partial charge is 0.497 e. The smallest absolute Gasteiger partial charge is 0.118 e. The van der Waals surface area contributed by atoms with Gasteiger partial charge in [-0.15, -0.1) is 0 Å². The summed E-state index contributed by atoms with van der Waals surface area (Å²) in [6.45, 7) is 5.53. The summed E-state index contributed by atoms with van der Waals surface area (Å²) in [5.41, 5.74) is 0. The second-order valence-electron chi connectivity index (χ2n) is 1.89. The first-order valence-corrected chi connectivity index (χ1v) is 3.51. The zero-order chi connectivity index (χ0) is 8.53. The molecule has 0 N–H and O–H groups in total. The van der Waals surface area contributed by atoms with Crippen molar-refractivity contribution in [3.8, 4) is 0 Å². The van der Waals surface area contributed by atoms with E-state index >= 15 is 0 Å². The first-order valence-electron chi connectivity index (χ1n) is 3.51. The Morgan fingerprint density at radius 1 is 1.36 bits per heavy atom. The second kappa shape index (κ2) is 6.87. The summed E-state index contributed by atoms with van der Waals surface area (Å²) >= 11 is 0. The number of rotatable bonds is 4. The quantitative estimate of drug-likeness (QED) is 0.442. The van der Waals surface area contributed by atoms with Crippen LogP contribution in [0.5, 0.6) is 0 Å². The topological polar surface area (TPSA) is 9.23 Å². The summed E-state index contributed by atoms with van der Waals surface area (Å²) < 4.78 is 5.01. The molecule has 0 saturated carbocycles. The maximum absolute atomic E-state index is 5.01. The maximum Gasteiger partial charge on any atom is 0.118 e. The van der Waals surface area contributed by atoms with E-state index in [9.17, 15) is 0 Å². The molecule has 0 amide bonds. The highest BCUT2D eigenvalue weighted by Crippen LogP contribution is 1.97. The summed E-state index contributed by atoms with van der Waals surface area (Å²) in [7, 11) is 1.63. The predicted molar refractivity (Wildman–Crippen MR) is 49.2 cm³/mol. The molecule has 11 heavy (non-hydrogen) atoms. The fourth-order valence-electron chi connectivity index (χ4n) is 0.569. The highest BCUT2D eigenvalue weighted by Gasteiger charge is 1.82. The highest BCUT2D eigenvalue weighted by molar-refractivity contribution is 5.20. The van der Waals surface area contributed by atoms with Crippen molar-refractivity contribution in [2.24, 2.45) is 0 Å². The van der Waals surface area contributed by atoms with Crippen molar-refractivity contribution in [2.45, 2.75) is 6.92 Å². The Kier molecular flexibility index (Phi) is 6.10. The predicted octanol–water partition coefficient (Wildman–Crippen LogP) is 2.84. The maximum atomic E-state index is 5.01. The third-order valence-electron chi connectivity index (χ3n) is 1.08. The minimum atomic E-state index is 0.804. The standard InChI is InChI=1S/C10H14O/c1-4-6-7-9-10(11-3)8-5-2/h4-9H,2H2,1,3H3/b6-4-,9-7-,10-8+. The molecule has 0 rings (SSSR count). The van der Waals surface area contributed by atoms with Crippen LogP contribution in [0.15, 0.2) is 48.8 Å². The zero-order valence-electron chi connectivity index (χ0n) is 7.08. The van der Waals surface area contributed by atoms with E-state index in [0.717, 1.165) is 5.76 Å². The second-order valence-corrected chi connectivity index (χ2v) is 1.89. The van der Waals surface area contributed by atoms with E-state index in [-0.39, 0.29) is 0 Å². The van der Waals surface area contributed by atoms with Gasteiger partial charge in [-0.05, 0) is 19.1 Å². The lowest BCUT2D eigenvalue weighted by molar-refractivity contribution is 0.307. The Morgan fingerprint density at radius 3 is 2.55 bits per heavy atom. The zero-order valence-corrected chi connectivity index (χ0v) is 7.08. The van der Waals surface area contributed by atoms with Gasteiger partial charge in [0.05, 0.1) is 7.11 Å². The molecule has 0 heterocycles. The molecule has 0 aromatic carbocycles. The minimum absolute atomic E-state index is 0.804. The average molecular weight is 150 g/mol. The van der Waals surface area contributed by atoms with Gasteiger partial charge in [0.15, 0.2) is 0 Å². The van der Waals surface area contributed by atoms with Crippen LogP contribution in [0.25, 0.3) is 0 Å². The Bertz CT molecular complexity index is 185. The molecule has 0 aromatic heterocycles. The van der Waals surface area contributed by atoms with Crippen molar-refractivity contribution in [2.75, 3.05) is 7.11 Å². The van der Waals surface area contributed by atoms with Gasteiger partial charge in [0.2, 0.25) is 0 Å². The molecule has 1 heteroatoms. The molecule has 0 aliphatic carbocycles.